The van der Waals surface area contributed by atoms with Crippen LogP contribution in [0.4, 0.5) is 5.13 Å². The van der Waals surface area contributed by atoms with E-state index in [9.17, 15) is 4.79 Å². The molecule has 2 heterocycles. The number of nitrogens with zero attached hydrogens (tertiary/aromatic N) is 4. The molecule has 2 aromatic carbocycles. The minimum Gasteiger partial charge on any atom is -0.495 e. The lowest BCUT2D eigenvalue weighted by molar-refractivity contribution is 0.0982. The number of methoxy groups -OCH3 is 4. The van der Waals surface area contributed by atoms with E-state index in [1.165, 1.54) is 18.4 Å². The van der Waals surface area contributed by atoms with Crippen molar-refractivity contribution < 1.29 is 23.7 Å². The summed E-state index contributed by atoms with van der Waals surface area (Å²) in [4.78, 5) is 24.4. The van der Waals surface area contributed by atoms with Crippen LogP contribution in [0.25, 0.3) is 10.2 Å². The molecule has 0 aliphatic rings. The molecule has 4 aromatic rings. The van der Waals surface area contributed by atoms with Gasteiger partial charge in [-0.15, -0.1) is 0 Å². The van der Waals surface area contributed by atoms with Crippen LogP contribution in [0, 0.1) is 0 Å². The van der Waals surface area contributed by atoms with E-state index >= 15 is 0 Å². The Bertz CT molecular complexity index is 1230. The molecular weight excluding hydrogens is 456 g/mol. The Morgan fingerprint density at radius 2 is 1.76 bits per heavy atom. The van der Waals surface area contributed by atoms with Crippen LogP contribution >= 0.6 is 11.3 Å². The fraction of sp³-hybridized carbons (Fsp3) is 0.292. The number of rotatable bonds is 10. The van der Waals surface area contributed by atoms with E-state index in [2.05, 4.69) is 4.98 Å². The molecule has 34 heavy (non-hydrogen) atoms. The van der Waals surface area contributed by atoms with Gasteiger partial charge < -0.3 is 23.5 Å². The number of carbonyl (C=O) groups is 1. The minimum atomic E-state index is -0.238. The smallest absolute Gasteiger partial charge is 0.263 e. The molecule has 178 valence electrons. The molecular formula is C24H26N4O5S. The number of anilines is 1. The van der Waals surface area contributed by atoms with Gasteiger partial charge in [0, 0.05) is 25.5 Å². The second-order valence-electron chi connectivity index (χ2n) is 7.30. The number of ether oxygens (including phenoxy) is 4. The summed E-state index contributed by atoms with van der Waals surface area (Å²) < 4.78 is 24.7. The highest BCUT2D eigenvalue weighted by atomic mass is 32.1. The number of carbonyl (C=O) groups excluding carboxylic acids is 1. The molecule has 0 unspecified atom stereocenters. The Balaban J connectivity index is 1.76. The van der Waals surface area contributed by atoms with Gasteiger partial charge >= 0.3 is 0 Å². The van der Waals surface area contributed by atoms with Crippen LogP contribution < -0.4 is 23.8 Å². The predicted molar refractivity (Wildman–Crippen MR) is 131 cm³/mol. The van der Waals surface area contributed by atoms with Gasteiger partial charge in [0.05, 0.1) is 40.3 Å². The topological polar surface area (TPSA) is 87.9 Å². The highest BCUT2D eigenvalue weighted by Gasteiger charge is 2.27. The van der Waals surface area contributed by atoms with Crippen LogP contribution in [0.5, 0.6) is 23.0 Å². The quantitative estimate of drug-likeness (QED) is 0.334. The first-order valence-corrected chi connectivity index (χ1v) is 11.4. The van der Waals surface area contributed by atoms with Crippen LogP contribution in [0.1, 0.15) is 16.8 Å². The van der Waals surface area contributed by atoms with E-state index in [1.54, 1.807) is 63.0 Å². The van der Waals surface area contributed by atoms with Crippen LogP contribution in [0.15, 0.2) is 49.1 Å². The molecule has 1 amide bonds. The SMILES string of the molecule is COc1cccc(C(=O)N(CCCn2ccnc2)c2nc3c(OC)ccc(OC)c3s2)c1OC. The molecule has 0 saturated carbocycles. The lowest BCUT2D eigenvalue weighted by atomic mass is 10.1. The van der Waals surface area contributed by atoms with Crippen LogP contribution in [0.3, 0.4) is 0 Å². The van der Waals surface area contributed by atoms with E-state index in [4.69, 9.17) is 23.9 Å². The van der Waals surface area contributed by atoms with Crippen molar-refractivity contribution in [3.05, 3.63) is 54.6 Å². The number of imidazole rings is 1. The maximum absolute atomic E-state index is 13.8. The Hall–Kier alpha value is -3.79. The highest BCUT2D eigenvalue weighted by Crippen LogP contribution is 2.41. The third-order valence-corrected chi connectivity index (χ3v) is 6.46. The summed E-state index contributed by atoms with van der Waals surface area (Å²) in [5, 5.41) is 0.540. The second kappa shape index (κ2) is 10.4. The standard InChI is InChI=1S/C24H26N4O5S/c1-30-17-9-10-19(32-3)22-20(17)26-24(34-22)28(13-6-12-27-14-11-25-15-27)23(29)16-7-5-8-18(31-2)21(16)33-4/h5,7-11,14-15H,6,12-13H2,1-4H3. The van der Waals surface area contributed by atoms with Gasteiger partial charge in [-0.05, 0) is 30.7 Å². The van der Waals surface area contributed by atoms with Crippen molar-refractivity contribution in [3.8, 4) is 23.0 Å². The van der Waals surface area contributed by atoms with E-state index in [0.717, 1.165) is 4.70 Å². The third-order valence-electron chi connectivity index (χ3n) is 5.37. The molecule has 0 aliphatic carbocycles. The van der Waals surface area contributed by atoms with E-state index in [-0.39, 0.29) is 5.91 Å². The molecule has 0 bridgehead atoms. The maximum Gasteiger partial charge on any atom is 0.263 e. The molecule has 0 N–H and O–H groups in total. The molecule has 4 rings (SSSR count). The Kier molecular flexibility index (Phi) is 7.17. The predicted octanol–water partition coefficient (Wildman–Crippen LogP) is 4.26. The van der Waals surface area contributed by atoms with Gasteiger partial charge in [0.1, 0.15) is 21.7 Å². The number of fused-ring (bicyclic) bond motifs is 1. The summed E-state index contributed by atoms with van der Waals surface area (Å²) in [6, 6.07) is 8.89. The monoisotopic (exact) mass is 482 g/mol. The van der Waals surface area contributed by atoms with E-state index in [1.807, 2.05) is 16.8 Å². The molecule has 0 atom stereocenters. The number of amides is 1. The highest BCUT2D eigenvalue weighted by molar-refractivity contribution is 7.22. The molecule has 0 aliphatic heterocycles. The van der Waals surface area contributed by atoms with Crippen molar-refractivity contribution in [1.82, 2.24) is 14.5 Å². The average molecular weight is 483 g/mol. The molecule has 0 fully saturated rings. The first kappa shape index (κ1) is 23.4. The molecule has 10 heteroatoms. The van der Waals surface area contributed by atoms with Gasteiger partial charge in [0.25, 0.3) is 5.91 Å². The van der Waals surface area contributed by atoms with Crippen LogP contribution in [0.2, 0.25) is 0 Å². The van der Waals surface area contributed by atoms with Crippen molar-refractivity contribution in [2.45, 2.75) is 13.0 Å². The fourth-order valence-electron chi connectivity index (χ4n) is 3.71. The van der Waals surface area contributed by atoms with Crippen LogP contribution in [-0.4, -0.2) is 55.4 Å². The normalized spacial score (nSPS) is 10.8. The zero-order valence-corrected chi connectivity index (χ0v) is 20.3. The zero-order valence-electron chi connectivity index (χ0n) is 19.5. The Labute approximate surface area is 201 Å². The largest absolute Gasteiger partial charge is 0.495 e. The Morgan fingerprint density at radius 1 is 1.00 bits per heavy atom. The summed E-state index contributed by atoms with van der Waals surface area (Å²) in [5.41, 5.74) is 1.04. The number of benzene rings is 2. The number of aromatic nitrogens is 3. The number of hydrogen-bond donors (Lipinski definition) is 0. The van der Waals surface area contributed by atoms with Gasteiger partial charge in [0.15, 0.2) is 16.6 Å². The lowest BCUT2D eigenvalue weighted by Gasteiger charge is -2.22. The summed E-state index contributed by atoms with van der Waals surface area (Å²) in [6.07, 6.45) is 6.07. The maximum atomic E-state index is 13.8. The van der Waals surface area contributed by atoms with E-state index in [0.29, 0.717) is 58.7 Å². The molecule has 0 spiro atoms. The van der Waals surface area contributed by atoms with Crippen molar-refractivity contribution >= 4 is 32.6 Å². The van der Waals surface area contributed by atoms with Crippen molar-refractivity contribution in [2.75, 3.05) is 39.9 Å². The lowest BCUT2D eigenvalue weighted by Crippen LogP contribution is -2.32. The van der Waals surface area contributed by atoms with E-state index < -0.39 is 0 Å². The number of para-hydroxylation sites is 1. The van der Waals surface area contributed by atoms with Gasteiger partial charge in [-0.2, -0.15) is 0 Å². The molecule has 0 saturated heterocycles. The first-order chi connectivity index (χ1) is 16.6. The van der Waals surface area contributed by atoms with Gasteiger partial charge in [-0.1, -0.05) is 17.4 Å². The summed E-state index contributed by atoms with van der Waals surface area (Å²) in [5.74, 6) is 1.91. The number of aryl methyl sites for hydroxylation is 1. The second-order valence-corrected chi connectivity index (χ2v) is 8.27. The first-order valence-electron chi connectivity index (χ1n) is 10.6. The van der Waals surface area contributed by atoms with Crippen LogP contribution in [-0.2, 0) is 6.54 Å². The van der Waals surface area contributed by atoms with Gasteiger partial charge in [0.2, 0.25) is 0 Å². The van der Waals surface area contributed by atoms with Crippen molar-refractivity contribution in [1.29, 1.82) is 0 Å². The van der Waals surface area contributed by atoms with Crippen molar-refractivity contribution in [3.63, 3.8) is 0 Å². The number of thiazole rings is 1. The fourth-order valence-corrected chi connectivity index (χ4v) is 4.80. The molecule has 0 radical (unpaired) electrons. The molecule has 2 aromatic heterocycles. The number of hydrogen-bond acceptors (Lipinski definition) is 8. The van der Waals surface area contributed by atoms with Crippen molar-refractivity contribution in [2.24, 2.45) is 0 Å². The third kappa shape index (κ3) is 4.49. The minimum absolute atomic E-state index is 0.238. The summed E-state index contributed by atoms with van der Waals surface area (Å²) >= 11 is 1.38. The molecule has 9 nitrogen and oxygen atoms in total. The van der Waals surface area contributed by atoms with Gasteiger partial charge in [-0.25, -0.2) is 9.97 Å². The average Bonchev–Trinajstić information content (AvgIpc) is 3.55. The van der Waals surface area contributed by atoms with Gasteiger partial charge in [-0.3, -0.25) is 9.69 Å². The summed E-state index contributed by atoms with van der Waals surface area (Å²) in [6.45, 7) is 1.14. The zero-order chi connectivity index (χ0) is 24.1. The Morgan fingerprint density at radius 3 is 2.44 bits per heavy atom. The summed E-state index contributed by atoms with van der Waals surface area (Å²) in [7, 11) is 6.26.